The summed E-state index contributed by atoms with van der Waals surface area (Å²) in [5.41, 5.74) is 5.17. The summed E-state index contributed by atoms with van der Waals surface area (Å²) in [6, 6.07) is 7.51. The van der Waals surface area contributed by atoms with Crippen molar-refractivity contribution in [2.45, 2.75) is 85.7 Å². The average molecular weight is 287 g/mol. The van der Waals surface area contributed by atoms with Gasteiger partial charge < -0.3 is 4.90 Å². The second kappa shape index (κ2) is 5.66. The third kappa shape index (κ3) is 2.72. The summed E-state index contributed by atoms with van der Waals surface area (Å²) in [5.74, 6) is 0. The minimum absolute atomic E-state index is 0.235. The third-order valence-corrected chi connectivity index (χ3v) is 5.35. The van der Waals surface area contributed by atoms with E-state index in [4.69, 9.17) is 0 Å². The zero-order valence-corrected chi connectivity index (χ0v) is 15.1. The number of rotatable bonds is 4. The van der Waals surface area contributed by atoms with Crippen molar-refractivity contribution in [3.8, 4) is 0 Å². The maximum Gasteiger partial charge on any atom is 0.0438 e. The normalized spacial score (nSPS) is 23.6. The smallest absolute Gasteiger partial charge is 0.0438 e. The molecule has 0 aliphatic carbocycles. The maximum absolute atomic E-state index is 2.77. The van der Waals surface area contributed by atoms with Crippen LogP contribution in [-0.4, -0.2) is 11.6 Å². The first-order valence-electron chi connectivity index (χ1n) is 8.68. The SMILES string of the molecule is CCc1cccc(CC)c1N1C(CC)C(C)(C)CC1(C)C. The van der Waals surface area contributed by atoms with Crippen LogP contribution in [0.15, 0.2) is 18.2 Å². The molecule has 1 nitrogen and oxygen atoms in total. The lowest BCUT2D eigenvalue weighted by Crippen LogP contribution is -2.45. The molecule has 118 valence electrons. The van der Waals surface area contributed by atoms with Crippen LogP contribution in [0.1, 0.15) is 72.4 Å². The van der Waals surface area contributed by atoms with Crippen LogP contribution in [0.3, 0.4) is 0 Å². The van der Waals surface area contributed by atoms with Crippen molar-refractivity contribution in [1.82, 2.24) is 0 Å². The molecule has 1 fully saturated rings. The van der Waals surface area contributed by atoms with E-state index in [0.717, 1.165) is 12.8 Å². The summed E-state index contributed by atoms with van der Waals surface area (Å²) < 4.78 is 0. The van der Waals surface area contributed by atoms with Gasteiger partial charge in [0.2, 0.25) is 0 Å². The Morgan fingerprint density at radius 3 is 1.95 bits per heavy atom. The number of aryl methyl sites for hydroxylation is 2. The number of para-hydroxylation sites is 1. The highest BCUT2D eigenvalue weighted by Gasteiger charge is 2.50. The third-order valence-electron chi connectivity index (χ3n) is 5.35. The largest absolute Gasteiger partial charge is 0.362 e. The zero-order valence-electron chi connectivity index (χ0n) is 15.1. The molecule has 0 amide bonds. The van der Waals surface area contributed by atoms with Crippen LogP contribution in [0.5, 0.6) is 0 Å². The first kappa shape index (κ1) is 16.4. The Hall–Kier alpha value is -0.980. The lowest BCUT2D eigenvalue weighted by Gasteiger charge is -2.41. The minimum Gasteiger partial charge on any atom is -0.362 e. The second-order valence-corrected chi connectivity index (χ2v) is 7.90. The summed E-state index contributed by atoms with van der Waals surface area (Å²) in [6.45, 7) is 16.7. The Labute approximate surface area is 131 Å². The van der Waals surface area contributed by atoms with Crippen molar-refractivity contribution >= 4 is 5.69 Å². The van der Waals surface area contributed by atoms with Crippen LogP contribution < -0.4 is 4.90 Å². The van der Waals surface area contributed by atoms with Gasteiger partial charge in [-0.2, -0.15) is 0 Å². The van der Waals surface area contributed by atoms with E-state index in [0.29, 0.717) is 11.5 Å². The van der Waals surface area contributed by atoms with Crippen molar-refractivity contribution in [2.75, 3.05) is 4.90 Å². The molecule has 1 aliphatic heterocycles. The van der Waals surface area contributed by atoms with Gasteiger partial charge in [0.05, 0.1) is 0 Å². The van der Waals surface area contributed by atoms with Gasteiger partial charge in [0, 0.05) is 17.3 Å². The van der Waals surface area contributed by atoms with Crippen molar-refractivity contribution in [3.05, 3.63) is 29.3 Å². The van der Waals surface area contributed by atoms with E-state index in [1.807, 2.05) is 0 Å². The molecule has 1 saturated heterocycles. The standard InChI is InChI=1S/C20H33N/c1-8-15-12-11-13-16(9-2)18(15)21-17(10-3)19(4,5)14-20(21,6)7/h11-13,17H,8-10,14H2,1-7H3. The van der Waals surface area contributed by atoms with E-state index in [9.17, 15) is 0 Å². The highest BCUT2D eigenvalue weighted by atomic mass is 15.3. The molecule has 1 aromatic rings. The van der Waals surface area contributed by atoms with E-state index in [1.165, 1.54) is 29.7 Å². The van der Waals surface area contributed by atoms with E-state index < -0.39 is 0 Å². The van der Waals surface area contributed by atoms with Crippen LogP contribution in [0, 0.1) is 5.41 Å². The van der Waals surface area contributed by atoms with Gasteiger partial charge in [-0.05, 0) is 56.1 Å². The van der Waals surface area contributed by atoms with Crippen LogP contribution in [0.2, 0.25) is 0 Å². The molecule has 1 aromatic carbocycles. The Kier molecular flexibility index (Phi) is 4.42. The summed E-state index contributed by atoms with van der Waals surface area (Å²) in [5, 5.41) is 0. The predicted molar refractivity (Wildman–Crippen MR) is 94.2 cm³/mol. The van der Waals surface area contributed by atoms with Gasteiger partial charge in [-0.15, -0.1) is 0 Å². The first-order valence-corrected chi connectivity index (χ1v) is 8.68. The maximum atomic E-state index is 2.77. The predicted octanol–water partition coefficient (Wildman–Crippen LogP) is 5.60. The quantitative estimate of drug-likeness (QED) is 0.696. The molecular formula is C20H33N. The Balaban J connectivity index is 2.63. The molecule has 0 bridgehead atoms. The van der Waals surface area contributed by atoms with Crippen molar-refractivity contribution in [2.24, 2.45) is 5.41 Å². The molecule has 1 aliphatic rings. The van der Waals surface area contributed by atoms with Gasteiger partial charge in [0.1, 0.15) is 0 Å². The van der Waals surface area contributed by atoms with Crippen molar-refractivity contribution in [1.29, 1.82) is 0 Å². The summed E-state index contributed by atoms with van der Waals surface area (Å²) in [6.07, 6.45) is 4.72. The highest BCUT2D eigenvalue weighted by molar-refractivity contribution is 5.63. The van der Waals surface area contributed by atoms with Gasteiger partial charge in [0.15, 0.2) is 0 Å². The van der Waals surface area contributed by atoms with Gasteiger partial charge >= 0.3 is 0 Å². The lowest BCUT2D eigenvalue weighted by atomic mass is 9.80. The molecule has 1 unspecified atom stereocenters. The number of nitrogens with zero attached hydrogens (tertiary/aromatic N) is 1. The van der Waals surface area contributed by atoms with Crippen molar-refractivity contribution < 1.29 is 0 Å². The molecule has 1 heteroatoms. The first-order chi connectivity index (χ1) is 9.78. The van der Waals surface area contributed by atoms with Crippen LogP contribution >= 0.6 is 0 Å². The fourth-order valence-electron chi connectivity index (χ4n) is 4.81. The highest BCUT2D eigenvalue weighted by Crippen LogP contribution is 2.51. The average Bonchev–Trinajstić information content (AvgIpc) is 2.60. The minimum atomic E-state index is 0.235. The Morgan fingerprint density at radius 1 is 1.00 bits per heavy atom. The van der Waals surface area contributed by atoms with Crippen LogP contribution in [-0.2, 0) is 12.8 Å². The number of anilines is 1. The summed E-state index contributed by atoms with van der Waals surface area (Å²) >= 11 is 0. The topological polar surface area (TPSA) is 3.24 Å². The monoisotopic (exact) mass is 287 g/mol. The zero-order chi connectivity index (χ0) is 15.8. The number of hydrogen-bond acceptors (Lipinski definition) is 1. The van der Waals surface area contributed by atoms with E-state index in [1.54, 1.807) is 0 Å². The molecule has 0 saturated carbocycles. The van der Waals surface area contributed by atoms with E-state index in [2.05, 4.69) is 71.6 Å². The van der Waals surface area contributed by atoms with Gasteiger partial charge in [-0.3, -0.25) is 0 Å². The lowest BCUT2D eigenvalue weighted by molar-refractivity contribution is 0.311. The van der Waals surface area contributed by atoms with E-state index >= 15 is 0 Å². The Bertz CT molecular complexity index is 476. The summed E-state index contributed by atoms with van der Waals surface area (Å²) in [7, 11) is 0. The second-order valence-electron chi connectivity index (χ2n) is 7.90. The molecule has 1 atom stereocenters. The van der Waals surface area contributed by atoms with Gasteiger partial charge in [-0.25, -0.2) is 0 Å². The summed E-state index contributed by atoms with van der Waals surface area (Å²) in [4.78, 5) is 2.77. The van der Waals surface area contributed by atoms with Crippen LogP contribution in [0.25, 0.3) is 0 Å². The Morgan fingerprint density at radius 2 is 1.52 bits per heavy atom. The molecule has 0 N–H and O–H groups in total. The van der Waals surface area contributed by atoms with Gasteiger partial charge in [-0.1, -0.05) is 52.8 Å². The molecule has 0 radical (unpaired) electrons. The molecular weight excluding hydrogens is 254 g/mol. The molecule has 0 spiro atoms. The molecule has 2 rings (SSSR count). The fraction of sp³-hybridized carbons (Fsp3) is 0.700. The molecule has 0 aromatic heterocycles. The fourth-order valence-corrected chi connectivity index (χ4v) is 4.81. The number of hydrogen-bond donors (Lipinski definition) is 0. The van der Waals surface area contributed by atoms with Crippen molar-refractivity contribution in [3.63, 3.8) is 0 Å². The van der Waals surface area contributed by atoms with E-state index in [-0.39, 0.29) is 5.54 Å². The van der Waals surface area contributed by atoms with Gasteiger partial charge in [0.25, 0.3) is 0 Å². The number of benzene rings is 1. The molecule has 1 heterocycles. The molecule has 21 heavy (non-hydrogen) atoms. The van der Waals surface area contributed by atoms with Crippen LogP contribution in [0.4, 0.5) is 5.69 Å².